The number of hydrogen-bond acceptors (Lipinski definition) is 4. The Kier molecular flexibility index (Phi) is 3.94. The highest BCUT2D eigenvalue weighted by Gasteiger charge is 2.22. The van der Waals surface area contributed by atoms with Crippen LogP contribution in [-0.2, 0) is 0 Å². The summed E-state index contributed by atoms with van der Waals surface area (Å²) in [6.07, 6.45) is 0. The summed E-state index contributed by atoms with van der Waals surface area (Å²) in [4.78, 5) is 4.34. The van der Waals surface area contributed by atoms with E-state index in [1.807, 2.05) is 7.05 Å². The Morgan fingerprint density at radius 2 is 2.08 bits per heavy atom. The topological polar surface area (TPSA) is 46.9 Å². The van der Waals surface area contributed by atoms with Gasteiger partial charge in [0.25, 0.3) is 0 Å². The van der Waals surface area contributed by atoms with Crippen LogP contribution in [0, 0.1) is 0 Å². The lowest BCUT2D eigenvalue weighted by atomic mass is 10.2. The molecule has 12 heavy (non-hydrogen) atoms. The Hall–Kier alpha value is -0.160. The summed E-state index contributed by atoms with van der Waals surface area (Å²) < 4.78 is 0. The maximum Gasteiger partial charge on any atom is 0.0599 e. The first-order chi connectivity index (χ1) is 5.77. The lowest BCUT2D eigenvalue weighted by molar-refractivity contribution is 0.0493. The van der Waals surface area contributed by atoms with E-state index in [1.54, 1.807) is 0 Å². The van der Waals surface area contributed by atoms with E-state index < -0.39 is 0 Å². The van der Waals surface area contributed by atoms with Crippen LogP contribution in [0.2, 0.25) is 0 Å². The van der Waals surface area contributed by atoms with Crippen molar-refractivity contribution in [2.24, 2.45) is 0 Å². The van der Waals surface area contributed by atoms with Gasteiger partial charge in [0.1, 0.15) is 0 Å². The molecule has 1 fully saturated rings. The van der Waals surface area contributed by atoms with E-state index in [1.165, 1.54) is 0 Å². The summed E-state index contributed by atoms with van der Waals surface area (Å²) >= 11 is 0. The van der Waals surface area contributed by atoms with Crippen LogP contribution in [0.1, 0.15) is 0 Å². The van der Waals surface area contributed by atoms with Crippen molar-refractivity contribution in [3.8, 4) is 0 Å². The molecule has 0 aliphatic carbocycles. The molecule has 4 nitrogen and oxygen atoms in total. The highest BCUT2D eigenvalue weighted by Crippen LogP contribution is 2.05. The van der Waals surface area contributed by atoms with Gasteiger partial charge >= 0.3 is 0 Å². The zero-order valence-corrected chi connectivity index (χ0v) is 7.61. The van der Waals surface area contributed by atoms with Crippen LogP contribution in [0.5, 0.6) is 0 Å². The maximum atomic E-state index is 9.02. The number of hydrogen-bond donors (Lipinski definition) is 2. The first-order valence-corrected chi connectivity index (χ1v) is 4.42. The average molecular weight is 174 g/mol. The highest BCUT2D eigenvalue weighted by atomic mass is 16.3. The lowest BCUT2D eigenvalue weighted by Crippen LogP contribution is -2.53. The first-order valence-electron chi connectivity index (χ1n) is 4.42. The van der Waals surface area contributed by atoms with Gasteiger partial charge in [-0.05, 0) is 7.05 Å². The summed E-state index contributed by atoms with van der Waals surface area (Å²) in [7, 11) is 2.02. The van der Waals surface area contributed by atoms with Gasteiger partial charge in [-0.15, -0.1) is 0 Å². The number of likely N-dealkylation sites (N-methyl/N-ethyl adjacent to an activating group) is 1. The molecule has 2 N–H and O–H groups in total. The molecule has 0 bridgehead atoms. The molecule has 0 spiro atoms. The van der Waals surface area contributed by atoms with Crippen LogP contribution in [0.15, 0.2) is 0 Å². The Morgan fingerprint density at radius 3 is 2.67 bits per heavy atom. The van der Waals surface area contributed by atoms with Crippen molar-refractivity contribution in [2.75, 3.05) is 46.4 Å². The minimum atomic E-state index is 0.207. The molecule has 1 aliphatic heterocycles. The Morgan fingerprint density at radius 1 is 1.33 bits per heavy atom. The van der Waals surface area contributed by atoms with Gasteiger partial charge in [0.15, 0.2) is 0 Å². The van der Waals surface area contributed by atoms with Gasteiger partial charge in [-0.3, -0.25) is 9.80 Å². The zero-order valence-electron chi connectivity index (χ0n) is 7.61. The highest BCUT2D eigenvalue weighted by molar-refractivity contribution is 4.78. The molecule has 0 amide bonds. The summed E-state index contributed by atoms with van der Waals surface area (Å²) in [6, 6.07) is 0.241. The van der Waals surface area contributed by atoms with Gasteiger partial charge in [0.05, 0.1) is 13.2 Å². The third kappa shape index (κ3) is 2.42. The van der Waals surface area contributed by atoms with Crippen LogP contribution in [0.3, 0.4) is 0 Å². The van der Waals surface area contributed by atoms with Crippen LogP contribution < -0.4 is 0 Å². The van der Waals surface area contributed by atoms with Gasteiger partial charge in [-0.25, -0.2) is 0 Å². The molecule has 0 aromatic heterocycles. The monoisotopic (exact) mass is 174 g/mol. The SMILES string of the molecule is CN1CCN(CCO)CC1CO. The number of aliphatic hydroxyl groups excluding tert-OH is 2. The van der Waals surface area contributed by atoms with E-state index >= 15 is 0 Å². The second-order valence-corrected chi connectivity index (χ2v) is 3.34. The number of β-amino-alcohol motifs (C(OH)–C–C–N with tert-alkyl or cyclic N) is 1. The van der Waals surface area contributed by atoms with Crippen LogP contribution in [0.25, 0.3) is 0 Å². The summed E-state index contributed by atoms with van der Waals surface area (Å²) in [5.41, 5.74) is 0. The van der Waals surface area contributed by atoms with Crippen molar-refractivity contribution < 1.29 is 10.2 Å². The summed E-state index contributed by atoms with van der Waals surface area (Å²) in [5, 5.41) is 17.7. The Balaban J connectivity index is 2.33. The van der Waals surface area contributed by atoms with Gasteiger partial charge in [0.2, 0.25) is 0 Å². The van der Waals surface area contributed by atoms with Crippen molar-refractivity contribution in [2.45, 2.75) is 6.04 Å². The standard InChI is InChI=1S/C8H18N2O2/c1-9-2-3-10(4-5-11)6-8(9)7-12/h8,11-12H,2-7H2,1H3. The molecule has 1 unspecified atom stereocenters. The fourth-order valence-electron chi connectivity index (χ4n) is 1.55. The molecule has 1 aliphatic rings. The van der Waals surface area contributed by atoms with Gasteiger partial charge in [0, 0.05) is 32.2 Å². The van der Waals surface area contributed by atoms with E-state index in [-0.39, 0.29) is 19.3 Å². The second-order valence-electron chi connectivity index (χ2n) is 3.34. The molecule has 0 aromatic rings. The molecule has 72 valence electrons. The quantitative estimate of drug-likeness (QED) is 0.552. The number of rotatable bonds is 3. The predicted octanol–water partition coefficient (Wildman–Crippen LogP) is -1.41. The maximum absolute atomic E-state index is 9.02. The minimum Gasteiger partial charge on any atom is -0.395 e. The summed E-state index contributed by atoms with van der Waals surface area (Å²) in [5.74, 6) is 0. The fourth-order valence-corrected chi connectivity index (χ4v) is 1.55. The van der Waals surface area contributed by atoms with E-state index in [4.69, 9.17) is 10.2 Å². The van der Waals surface area contributed by atoms with E-state index in [9.17, 15) is 0 Å². The molecular weight excluding hydrogens is 156 g/mol. The van der Waals surface area contributed by atoms with Gasteiger partial charge in [-0.1, -0.05) is 0 Å². The second kappa shape index (κ2) is 4.77. The number of nitrogens with zero attached hydrogens (tertiary/aromatic N) is 2. The average Bonchev–Trinajstić information content (AvgIpc) is 2.09. The van der Waals surface area contributed by atoms with E-state index in [0.29, 0.717) is 0 Å². The van der Waals surface area contributed by atoms with E-state index in [2.05, 4.69) is 9.80 Å². The fraction of sp³-hybridized carbons (Fsp3) is 1.00. The molecular formula is C8H18N2O2. The molecule has 0 saturated carbocycles. The number of aliphatic hydroxyl groups is 2. The molecule has 1 heterocycles. The number of piperazine rings is 1. The molecule has 4 heteroatoms. The van der Waals surface area contributed by atoms with Crippen LogP contribution in [-0.4, -0.2) is 72.5 Å². The van der Waals surface area contributed by atoms with Crippen molar-refractivity contribution in [3.05, 3.63) is 0 Å². The molecule has 1 rings (SSSR count). The van der Waals surface area contributed by atoms with Crippen molar-refractivity contribution in [1.29, 1.82) is 0 Å². The summed E-state index contributed by atoms with van der Waals surface area (Å²) in [6.45, 7) is 3.98. The smallest absolute Gasteiger partial charge is 0.0599 e. The van der Waals surface area contributed by atoms with Gasteiger partial charge in [-0.2, -0.15) is 0 Å². The van der Waals surface area contributed by atoms with Crippen molar-refractivity contribution in [1.82, 2.24) is 9.80 Å². The minimum absolute atomic E-state index is 0.207. The van der Waals surface area contributed by atoms with Crippen molar-refractivity contribution >= 4 is 0 Å². The molecule has 0 radical (unpaired) electrons. The normalized spacial score (nSPS) is 27.8. The zero-order chi connectivity index (χ0) is 8.97. The third-order valence-corrected chi connectivity index (χ3v) is 2.49. The molecule has 1 atom stereocenters. The largest absolute Gasteiger partial charge is 0.395 e. The first kappa shape index (κ1) is 9.92. The third-order valence-electron chi connectivity index (χ3n) is 2.49. The van der Waals surface area contributed by atoms with E-state index in [0.717, 1.165) is 26.2 Å². The molecule has 0 aromatic carbocycles. The Labute approximate surface area is 73.4 Å². The Bertz CT molecular complexity index is 132. The molecule has 1 saturated heterocycles. The van der Waals surface area contributed by atoms with Crippen LogP contribution >= 0.6 is 0 Å². The lowest BCUT2D eigenvalue weighted by Gasteiger charge is -2.38. The van der Waals surface area contributed by atoms with Crippen molar-refractivity contribution in [3.63, 3.8) is 0 Å². The van der Waals surface area contributed by atoms with Crippen LogP contribution in [0.4, 0.5) is 0 Å². The van der Waals surface area contributed by atoms with Gasteiger partial charge < -0.3 is 10.2 Å². The predicted molar refractivity (Wildman–Crippen MR) is 47.0 cm³/mol.